The predicted octanol–water partition coefficient (Wildman–Crippen LogP) is 6.06. The molecule has 3 rings (SSSR count). The van der Waals surface area contributed by atoms with E-state index >= 15 is 0 Å². The summed E-state index contributed by atoms with van der Waals surface area (Å²) in [7, 11) is 4.03. The van der Waals surface area contributed by atoms with Gasteiger partial charge in [-0.3, -0.25) is 9.59 Å². The minimum absolute atomic E-state index is 0.117. The van der Waals surface area contributed by atoms with Crippen molar-refractivity contribution in [3.63, 3.8) is 0 Å². The van der Waals surface area contributed by atoms with Crippen molar-refractivity contribution in [1.82, 2.24) is 4.90 Å². The van der Waals surface area contributed by atoms with E-state index in [0.29, 0.717) is 19.0 Å². The minimum atomic E-state index is -0.159. The summed E-state index contributed by atoms with van der Waals surface area (Å²) in [5.74, 6) is 0.587. The molecule has 0 aromatic heterocycles. The van der Waals surface area contributed by atoms with Crippen LogP contribution in [0.1, 0.15) is 69.9 Å². The average molecular weight is 464 g/mol. The number of anilines is 2. The Morgan fingerprint density at radius 3 is 2.29 bits per heavy atom. The van der Waals surface area contributed by atoms with Gasteiger partial charge >= 0.3 is 0 Å². The van der Waals surface area contributed by atoms with Crippen molar-refractivity contribution < 1.29 is 9.59 Å². The number of rotatable bonds is 10. The molecule has 0 saturated heterocycles. The molecule has 1 aliphatic rings. The van der Waals surface area contributed by atoms with Crippen LogP contribution in [0.2, 0.25) is 0 Å². The van der Waals surface area contributed by atoms with Crippen molar-refractivity contribution in [1.29, 1.82) is 0 Å². The monoisotopic (exact) mass is 463 g/mol. The molecule has 5 heteroatoms. The zero-order valence-electron chi connectivity index (χ0n) is 21.5. The fourth-order valence-electron chi connectivity index (χ4n) is 5.00. The Kier molecular flexibility index (Phi) is 9.14. The third kappa shape index (κ3) is 6.62. The van der Waals surface area contributed by atoms with Gasteiger partial charge in [-0.1, -0.05) is 63.9 Å². The number of amides is 2. The molecule has 0 bridgehead atoms. The number of nitrogens with zero attached hydrogens (tertiary/aromatic N) is 2. The van der Waals surface area contributed by atoms with Gasteiger partial charge in [0.2, 0.25) is 11.8 Å². The van der Waals surface area contributed by atoms with Gasteiger partial charge < -0.3 is 15.1 Å². The number of benzene rings is 2. The molecule has 1 fully saturated rings. The van der Waals surface area contributed by atoms with E-state index in [1.54, 1.807) is 0 Å². The number of hydrogen-bond donors (Lipinski definition) is 1. The van der Waals surface area contributed by atoms with Crippen molar-refractivity contribution in [3.8, 4) is 0 Å². The van der Waals surface area contributed by atoms with E-state index in [9.17, 15) is 9.59 Å². The summed E-state index contributed by atoms with van der Waals surface area (Å²) >= 11 is 0. The van der Waals surface area contributed by atoms with E-state index in [2.05, 4.69) is 31.0 Å². The van der Waals surface area contributed by atoms with Gasteiger partial charge in [-0.25, -0.2) is 0 Å². The molecule has 34 heavy (non-hydrogen) atoms. The maximum absolute atomic E-state index is 13.8. The van der Waals surface area contributed by atoms with Gasteiger partial charge in [-0.15, -0.1) is 0 Å². The van der Waals surface area contributed by atoms with Gasteiger partial charge in [0, 0.05) is 44.5 Å². The minimum Gasteiger partial charge on any atom is -0.377 e. The first kappa shape index (κ1) is 25.8. The number of carbonyl (C=O) groups excluding carboxylic acids is 2. The molecule has 5 nitrogen and oxygen atoms in total. The third-order valence-corrected chi connectivity index (χ3v) is 6.72. The number of hydrogen-bond acceptors (Lipinski definition) is 3. The Bertz CT molecular complexity index is 949. The average Bonchev–Trinajstić information content (AvgIpc) is 3.35. The van der Waals surface area contributed by atoms with E-state index in [4.69, 9.17) is 0 Å². The highest BCUT2D eigenvalue weighted by Gasteiger charge is 2.27. The van der Waals surface area contributed by atoms with Crippen LogP contribution in [0.25, 0.3) is 0 Å². The first-order valence-corrected chi connectivity index (χ1v) is 12.7. The Balaban J connectivity index is 1.87. The summed E-state index contributed by atoms with van der Waals surface area (Å²) in [6, 6.07) is 16.1. The van der Waals surface area contributed by atoms with Crippen molar-refractivity contribution >= 4 is 23.2 Å². The van der Waals surface area contributed by atoms with Crippen LogP contribution in [0.5, 0.6) is 0 Å². The van der Waals surface area contributed by atoms with Crippen molar-refractivity contribution in [2.75, 3.05) is 30.9 Å². The Morgan fingerprint density at radius 2 is 1.71 bits per heavy atom. The molecule has 2 aromatic rings. The fraction of sp³-hybridized carbons (Fsp3) is 0.517. The van der Waals surface area contributed by atoms with E-state index < -0.39 is 0 Å². The predicted molar refractivity (Wildman–Crippen MR) is 141 cm³/mol. The van der Waals surface area contributed by atoms with Crippen LogP contribution in [-0.4, -0.2) is 37.4 Å². The number of nitrogens with one attached hydrogen (secondary N) is 1. The largest absolute Gasteiger partial charge is 0.377 e. The van der Waals surface area contributed by atoms with E-state index in [-0.39, 0.29) is 23.7 Å². The zero-order valence-corrected chi connectivity index (χ0v) is 21.5. The molecule has 0 heterocycles. The molecular weight excluding hydrogens is 422 g/mol. The van der Waals surface area contributed by atoms with Gasteiger partial charge in [0.05, 0.1) is 5.92 Å². The van der Waals surface area contributed by atoms with Gasteiger partial charge in [0.25, 0.3) is 0 Å². The van der Waals surface area contributed by atoms with Crippen LogP contribution in [0.15, 0.2) is 48.5 Å². The second-order valence-corrected chi connectivity index (χ2v) is 10.2. The van der Waals surface area contributed by atoms with Crippen LogP contribution < -0.4 is 10.2 Å². The second-order valence-electron chi connectivity index (χ2n) is 10.2. The highest BCUT2D eigenvalue weighted by molar-refractivity contribution is 5.93. The van der Waals surface area contributed by atoms with Crippen molar-refractivity contribution in [2.45, 2.75) is 65.3 Å². The molecule has 1 atom stereocenters. The van der Waals surface area contributed by atoms with Crippen LogP contribution in [0.4, 0.5) is 11.4 Å². The molecule has 1 aliphatic carbocycles. The summed E-state index contributed by atoms with van der Waals surface area (Å²) in [5.41, 5.74) is 3.98. The zero-order chi connectivity index (χ0) is 24.7. The van der Waals surface area contributed by atoms with Crippen LogP contribution in [-0.2, 0) is 16.1 Å². The van der Waals surface area contributed by atoms with Gasteiger partial charge in [-0.05, 0) is 54.5 Å². The number of carbonyl (C=O) groups is 2. The Labute approximate surface area is 205 Å². The van der Waals surface area contributed by atoms with E-state index in [0.717, 1.165) is 54.6 Å². The molecule has 2 amide bonds. The molecule has 1 saturated carbocycles. The molecule has 2 aromatic carbocycles. The lowest BCUT2D eigenvalue weighted by Gasteiger charge is -2.30. The van der Waals surface area contributed by atoms with Crippen molar-refractivity contribution in [2.24, 2.45) is 11.8 Å². The second kappa shape index (κ2) is 12.0. The topological polar surface area (TPSA) is 52.7 Å². The summed E-state index contributed by atoms with van der Waals surface area (Å²) in [6.45, 7) is 7.58. The van der Waals surface area contributed by atoms with Gasteiger partial charge in [0.15, 0.2) is 0 Å². The molecule has 0 unspecified atom stereocenters. The first-order chi connectivity index (χ1) is 16.3. The van der Waals surface area contributed by atoms with Gasteiger partial charge in [0.1, 0.15) is 0 Å². The lowest BCUT2D eigenvalue weighted by Crippen LogP contribution is -2.37. The normalized spacial score (nSPS) is 14.8. The van der Waals surface area contributed by atoms with Gasteiger partial charge in [-0.2, -0.15) is 0 Å². The molecule has 184 valence electrons. The summed E-state index contributed by atoms with van der Waals surface area (Å²) in [6.07, 6.45) is 4.98. The first-order valence-electron chi connectivity index (χ1n) is 12.7. The fourth-order valence-corrected chi connectivity index (χ4v) is 5.00. The smallest absolute Gasteiger partial charge is 0.230 e. The molecule has 0 spiro atoms. The highest BCUT2D eigenvalue weighted by atomic mass is 16.2. The molecule has 0 aliphatic heterocycles. The van der Waals surface area contributed by atoms with Crippen LogP contribution in [0, 0.1) is 11.8 Å². The SMILES string of the molecule is CC[C@@H](C(=O)N(Cc1cc(NC(=O)C2CCCC2)ccc1N(C)C)CC(C)C)c1ccccc1. The maximum atomic E-state index is 13.8. The molecular formula is C29H41N3O2. The Hall–Kier alpha value is -2.82. The summed E-state index contributed by atoms with van der Waals surface area (Å²) in [5, 5.41) is 3.13. The van der Waals surface area contributed by atoms with Crippen molar-refractivity contribution in [3.05, 3.63) is 59.7 Å². The lowest BCUT2D eigenvalue weighted by atomic mass is 9.94. The quantitative estimate of drug-likeness (QED) is 0.466. The van der Waals surface area contributed by atoms with Crippen LogP contribution in [0.3, 0.4) is 0 Å². The standard InChI is InChI=1S/C29H41N3O2/c1-6-26(22-12-8-7-9-13-22)29(34)32(19-21(2)3)20-24-18-25(16-17-27(24)31(4)5)30-28(33)23-14-10-11-15-23/h7-9,12-13,16-18,21,23,26H,6,10-11,14-15,19-20H2,1-5H3,(H,30,33)/t26-/m1/s1. The summed E-state index contributed by atoms with van der Waals surface area (Å²) in [4.78, 5) is 30.6. The van der Waals surface area contributed by atoms with Crippen LogP contribution >= 0.6 is 0 Å². The van der Waals surface area contributed by atoms with E-state index in [1.807, 2.05) is 67.5 Å². The Morgan fingerprint density at radius 1 is 1.03 bits per heavy atom. The highest BCUT2D eigenvalue weighted by Crippen LogP contribution is 2.30. The summed E-state index contributed by atoms with van der Waals surface area (Å²) < 4.78 is 0. The molecule has 0 radical (unpaired) electrons. The maximum Gasteiger partial charge on any atom is 0.230 e. The lowest BCUT2D eigenvalue weighted by molar-refractivity contribution is -0.134. The molecule has 1 N–H and O–H groups in total. The third-order valence-electron chi connectivity index (χ3n) is 6.72. The van der Waals surface area contributed by atoms with E-state index in [1.165, 1.54) is 0 Å².